The van der Waals surface area contributed by atoms with Gasteiger partial charge < -0.3 is 33.1 Å². The van der Waals surface area contributed by atoms with Gasteiger partial charge in [-0.1, -0.05) is 142 Å². The smallest absolute Gasteiger partial charge is 0.479 e. The zero-order valence-electron chi connectivity index (χ0n) is 30.9. The number of rotatable bonds is 31. The topological polar surface area (TPSA) is 105 Å². The van der Waals surface area contributed by atoms with Gasteiger partial charge in [-0.25, -0.2) is 4.79 Å². The molecule has 0 aromatic heterocycles. The molecule has 8 nitrogen and oxygen atoms in total. The molecule has 2 saturated heterocycles. The monoisotopic (exact) mass is 687 g/mol. The van der Waals surface area contributed by atoms with Crippen molar-refractivity contribution in [3.8, 4) is 0 Å². The van der Waals surface area contributed by atoms with Gasteiger partial charge in [-0.15, -0.1) is 0 Å². The zero-order valence-corrected chi connectivity index (χ0v) is 31.9. The third-order valence-electron chi connectivity index (χ3n) is 10.6. The Balaban J connectivity index is 1.70. The van der Waals surface area contributed by atoms with Gasteiger partial charge in [0.05, 0.1) is 33.3 Å². The number of aliphatic hydroxyl groups excluding tert-OH is 2. The summed E-state index contributed by atoms with van der Waals surface area (Å²) in [5.41, 5.74) is 0. The van der Waals surface area contributed by atoms with E-state index in [1.807, 2.05) is 0 Å². The molecule has 9 heteroatoms. The molecule has 0 aromatic rings. The zero-order chi connectivity index (χ0) is 34.2. The van der Waals surface area contributed by atoms with Gasteiger partial charge in [0, 0.05) is 12.5 Å². The number of nitrogens with zero attached hydrogens (tertiary/aromatic N) is 1. The maximum Gasteiger partial charge on any atom is 0.502 e. The first-order valence-electron chi connectivity index (χ1n) is 20.2. The molecule has 2 rings (SSSR count). The van der Waals surface area contributed by atoms with Crippen LogP contribution in [0.5, 0.6) is 0 Å². The average molecular weight is 687 g/mol. The molecule has 0 spiro atoms. The summed E-state index contributed by atoms with van der Waals surface area (Å²) in [6.45, 7) is 7.85. The highest BCUT2D eigenvalue weighted by Crippen LogP contribution is 2.35. The fraction of sp³-hybridized carbons (Fsp3) is 0.974. The van der Waals surface area contributed by atoms with Crippen LogP contribution in [0.2, 0.25) is 6.04 Å². The molecule has 0 amide bonds. The lowest BCUT2D eigenvalue weighted by Gasteiger charge is -2.48. The first-order chi connectivity index (χ1) is 22.8. The minimum atomic E-state index is -3.29. The molecule has 2 aliphatic heterocycles. The van der Waals surface area contributed by atoms with E-state index in [2.05, 4.69) is 20.9 Å². The summed E-state index contributed by atoms with van der Waals surface area (Å²) >= 11 is 0. The molecule has 0 radical (unpaired) electrons. The Morgan fingerprint density at radius 2 is 1.00 bits per heavy atom. The van der Waals surface area contributed by atoms with Gasteiger partial charge in [0.15, 0.2) is 6.10 Å². The summed E-state index contributed by atoms with van der Waals surface area (Å²) in [5.74, 6) is -1.24. The molecule has 0 aliphatic carbocycles. The minimum absolute atomic E-state index is 0.0177. The van der Waals surface area contributed by atoms with Crippen molar-refractivity contribution in [1.82, 2.24) is 0 Å². The summed E-state index contributed by atoms with van der Waals surface area (Å²) in [6, 6.07) is 0.511. The largest absolute Gasteiger partial charge is 0.502 e. The number of aliphatic hydroxyl groups is 2. The number of unbranched alkanes of at least 4 members (excludes halogenated alkanes) is 22. The maximum atomic E-state index is 11.8. The molecule has 3 unspecified atom stereocenters. The van der Waals surface area contributed by atoms with E-state index in [4.69, 9.17) is 13.3 Å². The van der Waals surface area contributed by atoms with Crippen molar-refractivity contribution in [1.29, 1.82) is 0 Å². The summed E-state index contributed by atoms with van der Waals surface area (Å²) in [7, 11) is -0.908. The predicted molar refractivity (Wildman–Crippen MR) is 193 cm³/mol. The molecule has 6 atom stereocenters. The number of carboxylic acids is 1. The van der Waals surface area contributed by atoms with Crippen LogP contribution in [0.15, 0.2) is 0 Å². The van der Waals surface area contributed by atoms with Crippen molar-refractivity contribution >= 4 is 14.8 Å². The Morgan fingerprint density at radius 3 is 1.40 bits per heavy atom. The van der Waals surface area contributed by atoms with E-state index in [9.17, 15) is 20.1 Å². The Morgan fingerprint density at radius 1 is 0.617 bits per heavy atom. The first-order valence-corrected chi connectivity index (χ1v) is 22.1. The molecule has 0 aromatic carbocycles. The fourth-order valence-corrected chi connectivity index (χ4v) is 10.4. The van der Waals surface area contributed by atoms with Crippen LogP contribution < -0.4 is 0 Å². The van der Waals surface area contributed by atoms with Gasteiger partial charge in [0.2, 0.25) is 0 Å². The van der Waals surface area contributed by atoms with Gasteiger partial charge in [-0.2, -0.15) is 0 Å². The number of hydrogen-bond donors (Lipinski definition) is 3. The molecular weight excluding hydrogens is 611 g/mol. The van der Waals surface area contributed by atoms with Gasteiger partial charge in [0.25, 0.3) is 0 Å². The molecular formula is C38H76NO7Si+. The Labute approximate surface area is 290 Å². The van der Waals surface area contributed by atoms with Crippen LogP contribution in [-0.4, -0.2) is 92.3 Å². The summed E-state index contributed by atoms with van der Waals surface area (Å²) in [4.78, 5) is 11.8. The number of quaternary nitrogens is 1. The third-order valence-corrected chi connectivity index (χ3v) is 13.5. The molecule has 278 valence electrons. The summed E-state index contributed by atoms with van der Waals surface area (Å²) < 4.78 is 18.8. The molecule has 2 heterocycles. The highest BCUT2D eigenvalue weighted by Gasteiger charge is 2.59. The average Bonchev–Trinajstić information content (AvgIpc) is 3.05. The van der Waals surface area contributed by atoms with Gasteiger partial charge in [-0.05, 0) is 25.7 Å². The number of carbonyl (C=O) groups is 1. The van der Waals surface area contributed by atoms with Gasteiger partial charge in [0.1, 0.15) is 18.3 Å². The molecule has 2 bridgehead atoms. The molecule has 47 heavy (non-hydrogen) atoms. The van der Waals surface area contributed by atoms with E-state index in [1.165, 1.54) is 154 Å². The second-order valence-electron chi connectivity index (χ2n) is 15.2. The van der Waals surface area contributed by atoms with E-state index in [0.717, 1.165) is 30.5 Å². The molecule has 2 aliphatic rings. The molecule has 0 saturated carbocycles. The number of hydrogen-bond acceptors (Lipinski definition) is 6. The van der Waals surface area contributed by atoms with Crippen LogP contribution >= 0.6 is 0 Å². The van der Waals surface area contributed by atoms with Gasteiger partial charge in [-0.3, -0.25) is 0 Å². The fourth-order valence-electron chi connectivity index (χ4n) is 7.49. The van der Waals surface area contributed by atoms with Crippen molar-refractivity contribution in [2.45, 2.75) is 205 Å². The van der Waals surface area contributed by atoms with Crippen LogP contribution in [0.1, 0.15) is 174 Å². The highest BCUT2D eigenvalue weighted by molar-refractivity contribution is 6.61. The van der Waals surface area contributed by atoms with E-state index < -0.39 is 39.2 Å². The standard InChI is InChI=1S/C38H75NO7Si/c1-4-6-8-10-12-14-15-16-17-18-19-20-21-23-25-27-30-39(3,29-26-24-22-13-11-9-7-5-2)31-28-32-47-44-33-34(40)36(45-47)35(41)37(46-47)38(42)43/h34-37,40-41H,4-33H2,1-3H3/p+1/t34-,35?,36-,37-,39?,47?/m1/s1. The SMILES string of the molecule is CCCCCCCCCCCCCCCCCC[N+](C)(CCCCCCCCCC)CCC[Si]12OC[C@@H](O)[C@@H](O1)C(O)[C@H](C(=O)O)O2. The van der Waals surface area contributed by atoms with Crippen molar-refractivity contribution in [2.24, 2.45) is 0 Å². The lowest BCUT2D eigenvalue weighted by molar-refractivity contribution is -0.910. The van der Waals surface area contributed by atoms with E-state index >= 15 is 0 Å². The van der Waals surface area contributed by atoms with Crippen LogP contribution in [0, 0.1) is 0 Å². The number of aliphatic carboxylic acids is 1. The Kier molecular flexibility index (Phi) is 23.0. The van der Waals surface area contributed by atoms with E-state index in [1.54, 1.807) is 0 Å². The normalized spacial score (nSPS) is 25.6. The van der Waals surface area contributed by atoms with Crippen LogP contribution in [0.3, 0.4) is 0 Å². The Hall–Kier alpha value is -0.553. The van der Waals surface area contributed by atoms with Crippen molar-refractivity contribution < 1.29 is 37.9 Å². The van der Waals surface area contributed by atoms with Crippen molar-refractivity contribution in [3.63, 3.8) is 0 Å². The minimum Gasteiger partial charge on any atom is -0.479 e. The van der Waals surface area contributed by atoms with E-state index in [0.29, 0.717) is 6.04 Å². The first kappa shape index (κ1) is 42.6. The maximum absolute atomic E-state index is 11.8. The quantitative estimate of drug-likeness (QED) is 0.0380. The van der Waals surface area contributed by atoms with E-state index in [-0.39, 0.29) is 6.61 Å². The highest BCUT2D eigenvalue weighted by atomic mass is 28.4. The number of fused-ring (bicyclic) bond motifs is 2. The predicted octanol–water partition coefficient (Wildman–Crippen LogP) is 8.78. The number of carboxylic acid groups (broad SMARTS) is 1. The van der Waals surface area contributed by atoms with Crippen molar-refractivity contribution in [3.05, 3.63) is 0 Å². The second kappa shape index (κ2) is 25.4. The summed E-state index contributed by atoms with van der Waals surface area (Å²) in [6.07, 6.45) is 28.6. The lowest BCUT2D eigenvalue weighted by atomic mass is 10.0. The third kappa shape index (κ3) is 17.8. The van der Waals surface area contributed by atoms with Crippen LogP contribution in [0.4, 0.5) is 0 Å². The lowest BCUT2D eigenvalue weighted by Crippen LogP contribution is -2.70. The van der Waals surface area contributed by atoms with Crippen molar-refractivity contribution in [2.75, 3.05) is 33.3 Å². The van der Waals surface area contributed by atoms with Crippen LogP contribution in [-0.2, 0) is 18.1 Å². The molecule has 2 fully saturated rings. The van der Waals surface area contributed by atoms with Gasteiger partial charge >= 0.3 is 14.8 Å². The van der Waals surface area contributed by atoms with Crippen LogP contribution in [0.25, 0.3) is 0 Å². The second-order valence-corrected chi connectivity index (χ2v) is 17.8. The molecule has 3 N–H and O–H groups in total. The summed E-state index contributed by atoms with van der Waals surface area (Å²) in [5, 5.41) is 30.4. The Bertz CT molecular complexity index is 791.